The number of aromatic nitrogens is 2. The lowest BCUT2D eigenvalue weighted by Gasteiger charge is -2.22. The van der Waals surface area contributed by atoms with Gasteiger partial charge in [0.2, 0.25) is 0 Å². The Kier molecular flexibility index (Phi) is 4.04. The molecule has 2 rings (SSSR count). The molecule has 3 nitrogen and oxygen atoms in total. The lowest BCUT2D eigenvalue weighted by Crippen LogP contribution is -2.20. The Balaban J connectivity index is 1.90. The van der Waals surface area contributed by atoms with E-state index in [4.69, 9.17) is 0 Å². The Morgan fingerprint density at radius 3 is 2.88 bits per heavy atom. The normalized spacial score (nSPS) is 17.4. The second-order valence-corrected chi connectivity index (χ2v) is 5.61. The van der Waals surface area contributed by atoms with E-state index in [1.165, 1.54) is 24.3 Å². The van der Waals surface area contributed by atoms with Crippen LogP contribution in [-0.4, -0.2) is 28.0 Å². The molecule has 1 aliphatic heterocycles. The summed E-state index contributed by atoms with van der Waals surface area (Å²) in [6.07, 6.45) is 4.48. The summed E-state index contributed by atoms with van der Waals surface area (Å²) in [6.45, 7) is 5.03. The summed E-state index contributed by atoms with van der Waals surface area (Å²) in [6, 6.07) is 0. The van der Waals surface area contributed by atoms with Crippen molar-refractivity contribution in [1.29, 1.82) is 0 Å². The Morgan fingerprint density at radius 2 is 2.12 bits per heavy atom. The van der Waals surface area contributed by atoms with E-state index in [1.54, 1.807) is 0 Å². The first-order valence-electron chi connectivity index (χ1n) is 5.87. The van der Waals surface area contributed by atoms with Crippen LogP contribution in [0.5, 0.6) is 0 Å². The first-order valence-corrected chi connectivity index (χ1v) is 7.03. The Bertz CT molecular complexity index is 348. The minimum atomic E-state index is 0.808. The average Bonchev–Trinajstić information content (AvgIpc) is 2.32. The predicted molar refractivity (Wildman–Crippen MR) is 70.0 cm³/mol. The molecule has 0 bridgehead atoms. The summed E-state index contributed by atoms with van der Waals surface area (Å²) < 4.78 is 0. The Morgan fingerprint density at radius 1 is 1.38 bits per heavy atom. The van der Waals surface area contributed by atoms with Gasteiger partial charge in [-0.1, -0.05) is 0 Å². The number of thioether (sulfide) groups is 1. The van der Waals surface area contributed by atoms with E-state index in [1.807, 2.05) is 20.0 Å². The third kappa shape index (κ3) is 3.11. The van der Waals surface area contributed by atoms with Crippen LogP contribution in [0.2, 0.25) is 0 Å². The van der Waals surface area contributed by atoms with Gasteiger partial charge in [-0.15, -0.1) is 0 Å². The monoisotopic (exact) mass is 237 g/mol. The van der Waals surface area contributed by atoms with E-state index in [-0.39, 0.29) is 0 Å². The van der Waals surface area contributed by atoms with Crippen LogP contribution < -0.4 is 5.32 Å². The van der Waals surface area contributed by atoms with Crippen LogP contribution in [0.25, 0.3) is 0 Å². The minimum Gasteiger partial charge on any atom is -0.368 e. The smallest absolute Gasteiger partial charge is 0.147 e. The van der Waals surface area contributed by atoms with Crippen LogP contribution in [0.1, 0.15) is 24.2 Å². The molecule has 0 aromatic carbocycles. The van der Waals surface area contributed by atoms with Crippen molar-refractivity contribution in [3.8, 4) is 0 Å². The molecule has 1 aromatic rings. The van der Waals surface area contributed by atoms with Gasteiger partial charge in [-0.05, 0) is 44.1 Å². The van der Waals surface area contributed by atoms with E-state index in [0.717, 1.165) is 29.7 Å². The van der Waals surface area contributed by atoms with E-state index in [9.17, 15) is 0 Å². The second kappa shape index (κ2) is 5.53. The van der Waals surface area contributed by atoms with Crippen LogP contribution in [0.4, 0.5) is 5.82 Å². The van der Waals surface area contributed by atoms with E-state index in [0.29, 0.717) is 0 Å². The van der Waals surface area contributed by atoms with Crippen molar-refractivity contribution in [1.82, 2.24) is 9.97 Å². The summed E-state index contributed by atoms with van der Waals surface area (Å²) in [7, 11) is 0. The average molecular weight is 237 g/mol. The van der Waals surface area contributed by atoms with Crippen LogP contribution in [0.15, 0.2) is 6.20 Å². The van der Waals surface area contributed by atoms with Gasteiger partial charge in [-0.2, -0.15) is 11.8 Å². The molecule has 0 unspecified atom stereocenters. The molecule has 88 valence electrons. The van der Waals surface area contributed by atoms with Gasteiger partial charge in [0.15, 0.2) is 0 Å². The Hall–Kier alpha value is -0.770. The van der Waals surface area contributed by atoms with Gasteiger partial charge in [-0.25, -0.2) is 4.98 Å². The summed E-state index contributed by atoms with van der Waals surface area (Å²) in [5.41, 5.74) is 1.98. The minimum absolute atomic E-state index is 0.808. The highest BCUT2D eigenvalue weighted by atomic mass is 32.2. The molecule has 0 saturated carbocycles. The van der Waals surface area contributed by atoms with Crippen molar-refractivity contribution in [2.75, 3.05) is 23.4 Å². The standard InChI is InChI=1S/C12H19N3S/c1-9-7-13-10(2)12(15-9)14-8-11-3-5-16-6-4-11/h7,11H,3-6,8H2,1-2H3,(H,14,15). The van der Waals surface area contributed by atoms with Crippen molar-refractivity contribution in [3.05, 3.63) is 17.6 Å². The maximum Gasteiger partial charge on any atom is 0.147 e. The number of rotatable bonds is 3. The highest BCUT2D eigenvalue weighted by molar-refractivity contribution is 7.99. The highest BCUT2D eigenvalue weighted by Crippen LogP contribution is 2.23. The molecule has 1 saturated heterocycles. The molecule has 0 amide bonds. The number of anilines is 1. The summed E-state index contributed by atoms with van der Waals surface area (Å²) in [4.78, 5) is 8.79. The number of aryl methyl sites for hydroxylation is 2. The SMILES string of the molecule is Cc1cnc(C)c(NCC2CCSCC2)n1. The first kappa shape index (κ1) is 11.7. The van der Waals surface area contributed by atoms with E-state index in [2.05, 4.69) is 27.0 Å². The predicted octanol–water partition coefficient (Wildman–Crippen LogP) is 2.65. The first-order chi connectivity index (χ1) is 7.75. The van der Waals surface area contributed by atoms with Crippen molar-refractivity contribution in [3.63, 3.8) is 0 Å². The van der Waals surface area contributed by atoms with Crippen molar-refractivity contribution in [2.45, 2.75) is 26.7 Å². The molecule has 1 aliphatic rings. The van der Waals surface area contributed by atoms with Gasteiger partial charge >= 0.3 is 0 Å². The third-order valence-electron chi connectivity index (χ3n) is 2.97. The molecule has 1 aromatic heterocycles. The molecule has 0 spiro atoms. The number of hydrogen-bond donors (Lipinski definition) is 1. The van der Waals surface area contributed by atoms with Gasteiger partial charge < -0.3 is 5.32 Å². The fourth-order valence-electron chi connectivity index (χ4n) is 1.90. The van der Waals surface area contributed by atoms with Crippen LogP contribution in [0.3, 0.4) is 0 Å². The molecule has 16 heavy (non-hydrogen) atoms. The van der Waals surface area contributed by atoms with Crippen molar-refractivity contribution >= 4 is 17.6 Å². The van der Waals surface area contributed by atoms with E-state index >= 15 is 0 Å². The third-order valence-corrected chi connectivity index (χ3v) is 4.02. The number of nitrogens with one attached hydrogen (secondary N) is 1. The molecule has 1 fully saturated rings. The number of nitrogens with zero attached hydrogens (tertiary/aromatic N) is 2. The zero-order chi connectivity index (χ0) is 11.4. The summed E-state index contributed by atoms with van der Waals surface area (Å²) in [5.74, 6) is 4.39. The molecular weight excluding hydrogens is 218 g/mol. The maximum absolute atomic E-state index is 4.48. The van der Waals surface area contributed by atoms with Crippen LogP contribution in [-0.2, 0) is 0 Å². The quantitative estimate of drug-likeness (QED) is 0.877. The van der Waals surface area contributed by atoms with Crippen LogP contribution >= 0.6 is 11.8 Å². The van der Waals surface area contributed by atoms with Gasteiger partial charge in [0.25, 0.3) is 0 Å². The highest BCUT2D eigenvalue weighted by Gasteiger charge is 2.13. The van der Waals surface area contributed by atoms with E-state index < -0.39 is 0 Å². The van der Waals surface area contributed by atoms with Crippen molar-refractivity contribution < 1.29 is 0 Å². The lowest BCUT2D eigenvalue weighted by molar-refractivity contribution is 0.515. The molecule has 2 heterocycles. The van der Waals surface area contributed by atoms with Gasteiger partial charge in [0, 0.05) is 12.7 Å². The molecule has 0 radical (unpaired) electrons. The zero-order valence-corrected chi connectivity index (χ0v) is 10.8. The fraction of sp³-hybridized carbons (Fsp3) is 0.667. The van der Waals surface area contributed by atoms with Gasteiger partial charge in [0.05, 0.1) is 11.4 Å². The molecular formula is C12H19N3S. The molecule has 0 aliphatic carbocycles. The van der Waals surface area contributed by atoms with Crippen LogP contribution in [0, 0.1) is 19.8 Å². The summed E-state index contributed by atoms with van der Waals surface area (Å²) in [5, 5.41) is 3.44. The van der Waals surface area contributed by atoms with Crippen molar-refractivity contribution in [2.24, 2.45) is 5.92 Å². The molecule has 1 N–H and O–H groups in total. The maximum atomic E-state index is 4.48. The van der Waals surface area contributed by atoms with Gasteiger partial charge in [0.1, 0.15) is 5.82 Å². The fourth-order valence-corrected chi connectivity index (χ4v) is 3.10. The summed E-state index contributed by atoms with van der Waals surface area (Å²) >= 11 is 2.07. The molecule has 0 atom stereocenters. The zero-order valence-electron chi connectivity index (χ0n) is 9.99. The van der Waals surface area contributed by atoms with Gasteiger partial charge in [-0.3, -0.25) is 4.98 Å². The molecule has 4 heteroatoms. The topological polar surface area (TPSA) is 37.8 Å². The number of hydrogen-bond acceptors (Lipinski definition) is 4. The lowest BCUT2D eigenvalue weighted by atomic mass is 10.0. The second-order valence-electron chi connectivity index (χ2n) is 4.38. The largest absolute Gasteiger partial charge is 0.368 e. The Labute approximate surface area is 101 Å².